The van der Waals surface area contributed by atoms with Gasteiger partial charge in [-0.1, -0.05) is 72.2 Å². The maximum Gasteiger partial charge on any atom is 0.333 e. The molecule has 1 saturated heterocycles. The smallest absolute Gasteiger partial charge is 0.333 e. The van der Waals surface area contributed by atoms with E-state index in [1.165, 1.54) is 12.3 Å². The van der Waals surface area contributed by atoms with Gasteiger partial charge in [-0.3, -0.25) is 9.59 Å². The number of aliphatic carboxylic acids is 1. The molecule has 21 nitrogen and oxygen atoms in total. The molecule has 12 bridgehead atoms. The number of aldehydes is 1. The van der Waals surface area contributed by atoms with Crippen LogP contribution in [-0.4, -0.2) is 131 Å². The van der Waals surface area contributed by atoms with Crippen LogP contribution in [0.25, 0.3) is 10.9 Å². The van der Waals surface area contributed by atoms with Gasteiger partial charge in [-0.2, -0.15) is 0 Å². The van der Waals surface area contributed by atoms with Crippen LogP contribution < -0.4 is 34.7 Å². The van der Waals surface area contributed by atoms with Crippen molar-refractivity contribution in [3.05, 3.63) is 125 Å². The molecule has 10 heterocycles. The first-order valence-electron chi connectivity index (χ1n) is 28.9. The number of ether oxygens (including phenoxy) is 7. The third-order valence-corrected chi connectivity index (χ3v) is 21.6. The van der Waals surface area contributed by atoms with Gasteiger partial charge in [-0.25, -0.2) is 0 Å². The zero-order valence-corrected chi connectivity index (χ0v) is 45.5. The highest BCUT2D eigenvalue weighted by molar-refractivity contribution is 5.97. The number of nitrogens with two attached hydrogens (primary N) is 1. The Bertz CT molecular complexity index is 3890. The topological polar surface area (TPSA) is 316 Å². The fourth-order valence-corrected chi connectivity index (χ4v) is 18.3. The minimum atomic E-state index is -2.57. The molecule has 5 aromatic rings. The zero-order valence-electron chi connectivity index (χ0n) is 45.5. The zero-order chi connectivity index (χ0) is 58.3. The predicted octanol–water partition coefficient (Wildman–Crippen LogP) is 2.98. The van der Waals surface area contributed by atoms with Crippen molar-refractivity contribution in [2.24, 2.45) is 45.7 Å². The summed E-state index contributed by atoms with van der Waals surface area (Å²) in [5, 5.41) is 88.9. The number of carboxylic acid groups (broad SMARTS) is 1. The van der Waals surface area contributed by atoms with Crippen molar-refractivity contribution >= 4 is 29.1 Å². The van der Waals surface area contributed by atoms with Crippen LogP contribution in [0.1, 0.15) is 89.5 Å². The third-order valence-electron chi connectivity index (χ3n) is 21.6. The largest absolute Gasteiger partial charge is 0.487 e. The van der Waals surface area contributed by atoms with Gasteiger partial charge in [0.2, 0.25) is 18.0 Å². The number of esters is 1. The van der Waals surface area contributed by atoms with Gasteiger partial charge in [0, 0.05) is 69.7 Å². The molecular formula is C64H60N4O17. The first-order valence-corrected chi connectivity index (χ1v) is 28.9. The molecule has 3 saturated carbocycles. The molecule has 438 valence electrons. The van der Waals surface area contributed by atoms with Gasteiger partial charge in [0.05, 0.1) is 29.7 Å². The van der Waals surface area contributed by atoms with Crippen LogP contribution in [-0.2, 0) is 37.0 Å². The number of carboxylic acids is 1. The summed E-state index contributed by atoms with van der Waals surface area (Å²) < 4.78 is 49.8. The average molecular weight is 1160 g/mol. The number of aliphatic hydroxyl groups excluding tert-OH is 5. The van der Waals surface area contributed by atoms with Gasteiger partial charge >= 0.3 is 11.9 Å². The maximum atomic E-state index is 14.8. The number of aromatic amines is 1. The number of allylic oxidation sites excluding steroid dienone is 2. The lowest BCUT2D eigenvalue weighted by Crippen LogP contribution is -2.81. The quantitative estimate of drug-likeness (QED) is 0.0267. The third kappa shape index (κ3) is 6.64. The number of benzene rings is 3. The van der Waals surface area contributed by atoms with Gasteiger partial charge in [-0.15, -0.1) is 0 Å². The van der Waals surface area contributed by atoms with Gasteiger partial charge < -0.3 is 94.3 Å². The van der Waals surface area contributed by atoms with Crippen LogP contribution in [0.5, 0.6) is 28.7 Å². The van der Waals surface area contributed by atoms with E-state index in [4.69, 9.17) is 38.9 Å². The SMILES string of the molecule is N[C@H]1NC=C[C@@]23O[C@H]4Oc5cc6c(c(Cn7cc8cc[nH]c8c7CO)c5[C@@H]5[C@@H]7C=C[C@H]8[C@]9(CC[C@H](C=O)[C@@]9(C#C[C@H](C(=O)O)C(=O)O[C@H]12)C7)CC[C@@]58[C@@]4(O)[C@@H](O)[C@@H]3O)[C@@H]1Oc2c3ccc(OCO)c2OC[C@H](O)C#C[C@@H](c2ccccc2)[C@H](O6)[C@@H]31. The molecule has 2 aromatic heterocycles. The summed E-state index contributed by atoms with van der Waals surface area (Å²) in [6.45, 7) is -1.39. The number of aromatic nitrogens is 2. The van der Waals surface area contributed by atoms with Crippen molar-refractivity contribution in [1.29, 1.82) is 0 Å². The molecule has 18 rings (SSSR count). The fraction of sp³-hybridized carbons (Fsp3) is 0.453. The number of rotatable bonds is 8. The Kier molecular flexibility index (Phi) is 11.4. The molecule has 8 aliphatic heterocycles. The highest BCUT2D eigenvalue weighted by Gasteiger charge is 2.84. The first-order chi connectivity index (χ1) is 41.2. The van der Waals surface area contributed by atoms with E-state index in [0.29, 0.717) is 52.7 Å². The molecule has 3 spiro atoms. The molecule has 11 N–H and O–H groups in total. The van der Waals surface area contributed by atoms with Crippen molar-refractivity contribution in [3.8, 4) is 52.4 Å². The average Bonchev–Trinajstić information content (AvgIpc) is 1.50. The van der Waals surface area contributed by atoms with Crippen molar-refractivity contribution in [1.82, 2.24) is 14.9 Å². The van der Waals surface area contributed by atoms with E-state index in [2.05, 4.69) is 40.1 Å². The summed E-state index contributed by atoms with van der Waals surface area (Å²) in [5.74, 6) is 3.88. The van der Waals surface area contributed by atoms with Crippen molar-refractivity contribution < 1.29 is 83.3 Å². The summed E-state index contributed by atoms with van der Waals surface area (Å²) in [5.41, 5.74) is 2.21. The summed E-state index contributed by atoms with van der Waals surface area (Å²) in [6.07, 6.45) is 0.109. The standard InChI is InChI=1S/C64H60N4O17/c65-56-55-63(19-21-67-56)53(73)54(74)64(78)59(85-63)82-41-22-42-45(52-46-36-9-10-40(80-29-71)51(50(36)83-52)79-28-34(72)7-8-35(49(46)81-42)30-4-2-1-3-5-30)38(25-68-24-32-14-20-66-48(32)39(68)27-70)44(41)47-31-6-11-43-60(17-18-62(43,47)64)15-12-33(26-69)61(60,23-31)16-13-37(57(75)76)58(77)84-55/h1-6,9-11,14,19-22,24,26,31,33-35,37,43,46-47,49,52-56,59,66-67,70-74,78H,12,15,17-18,23,25,27-29,65H2,(H,75,76)/t31-,33-,34-,35+,37-,43+,46-,47+,49+,52+,53+,54+,55-,56+,59-,60+,61-,62+,63+,64-/m1/s1. The maximum absolute atomic E-state index is 14.8. The second-order valence-electron chi connectivity index (χ2n) is 24.8. The fourth-order valence-electron chi connectivity index (χ4n) is 18.3. The molecule has 21 heteroatoms. The van der Waals surface area contributed by atoms with E-state index in [9.17, 15) is 50.1 Å². The van der Waals surface area contributed by atoms with Crippen LogP contribution in [0.15, 0.2) is 91.4 Å². The molecule has 20 atom stereocenters. The number of hydrogen-bond acceptors (Lipinski definition) is 18. The van der Waals surface area contributed by atoms with E-state index in [-0.39, 0.29) is 54.7 Å². The highest BCUT2D eigenvalue weighted by Crippen LogP contribution is 2.83. The number of carbonyl (C=O) groups excluding carboxylic acids is 2. The summed E-state index contributed by atoms with van der Waals surface area (Å²) in [4.78, 5) is 45.1. The van der Waals surface area contributed by atoms with Crippen LogP contribution in [0.4, 0.5) is 0 Å². The number of nitrogens with zero attached hydrogens (tertiary/aromatic N) is 1. The van der Waals surface area contributed by atoms with E-state index in [1.54, 1.807) is 18.3 Å². The van der Waals surface area contributed by atoms with Gasteiger partial charge in [-0.05, 0) is 84.9 Å². The predicted molar refractivity (Wildman–Crippen MR) is 294 cm³/mol. The Morgan fingerprint density at radius 3 is 2.58 bits per heavy atom. The van der Waals surface area contributed by atoms with Crippen molar-refractivity contribution in [3.63, 3.8) is 0 Å². The lowest BCUT2D eigenvalue weighted by atomic mass is 9.47. The second kappa shape index (κ2) is 18.3. The Labute approximate surface area is 485 Å². The van der Waals surface area contributed by atoms with E-state index < -0.39 is 143 Å². The molecule has 0 unspecified atom stereocenters. The molecular weight excluding hydrogens is 1100 g/mol. The molecule has 13 aliphatic rings. The molecule has 85 heavy (non-hydrogen) atoms. The number of H-pyrrole nitrogens is 1. The number of aliphatic hydroxyl groups is 6. The highest BCUT2D eigenvalue weighted by atomic mass is 16.7. The Balaban J connectivity index is 1.02. The first kappa shape index (κ1) is 52.7. The van der Waals surface area contributed by atoms with Gasteiger partial charge in [0.15, 0.2) is 35.6 Å². The van der Waals surface area contributed by atoms with Crippen molar-refractivity contribution in [2.75, 3.05) is 13.4 Å². The number of fused-ring (bicyclic) bond motifs is 8. The Morgan fingerprint density at radius 1 is 0.941 bits per heavy atom. The van der Waals surface area contributed by atoms with Gasteiger partial charge in [0.25, 0.3) is 0 Å². The Morgan fingerprint density at radius 2 is 1.78 bits per heavy atom. The molecule has 0 radical (unpaired) electrons. The summed E-state index contributed by atoms with van der Waals surface area (Å²) >= 11 is 0. The second-order valence-corrected chi connectivity index (χ2v) is 24.8. The molecule has 5 aliphatic carbocycles. The van der Waals surface area contributed by atoms with Crippen LogP contribution >= 0.6 is 0 Å². The number of hydrogen-bond donors (Lipinski definition) is 10. The molecule has 4 fully saturated rings. The van der Waals surface area contributed by atoms with E-state index in [1.807, 2.05) is 59.3 Å². The Hall–Kier alpha value is -7.83. The number of carbonyl (C=O) groups is 3. The molecule has 0 amide bonds. The van der Waals surface area contributed by atoms with Crippen LogP contribution in [0.3, 0.4) is 0 Å². The monoisotopic (exact) mass is 1160 g/mol. The summed E-state index contributed by atoms with van der Waals surface area (Å²) in [7, 11) is 0. The van der Waals surface area contributed by atoms with Crippen molar-refractivity contribution in [2.45, 2.75) is 123 Å². The van der Waals surface area contributed by atoms with E-state index in [0.717, 1.165) is 17.2 Å². The minimum absolute atomic E-state index is 0.00194. The normalized spacial score (nSPS) is 40.3. The van der Waals surface area contributed by atoms with Crippen LogP contribution in [0.2, 0.25) is 0 Å². The summed E-state index contributed by atoms with van der Waals surface area (Å²) in [6, 6.07) is 16.7. The molecule has 3 aromatic carbocycles. The number of nitrogens with one attached hydrogen (secondary N) is 2. The van der Waals surface area contributed by atoms with Gasteiger partial charge in [0.1, 0.15) is 61.1 Å². The van der Waals surface area contributed by atoms with Crippen LogP contribution in [0, 0.1) is 63.6 Å². The van der Waals surface area contributed by atoms with E-state index >= 15 is 0 Å². The lowest BCUT2D eigenvalue weighted by Gasteiger charge is -2.63. The lowest BCUT2D eigenvalue weighted by molar-refractivity contribution is -0.383. The minimum Gasteiger partial charge on any atom is -0.487 e.